The summed E-state index contributed by atoms with van der Waals surface area (Å²) in [5, 5.41) is 5.81. The number of nitrogens with zero attached hydrogens (tertiary/aromatic N) is 1. The molecule has 25 heavy (non-hydrogen) atoms. The molecule has 0 saturated carbocycles. The van der Waals surface area contributed by atoms with Crippen LogP contribution in [0.5, 0.6) is 0 Å². The van der Waals surface area contributed by atoms with E-state index in [1.165, 1.54) is 10.6 Å². The average Bonchev–Trinajstić information content (AvgIpc) is 2.55. The van der Waals surface area contributed by atoms with E-state index in [4.69, 9.17) is 11.6 Å². The number of para-hydroxylation sites is 1. The van der Waals surface area contributed by atoms with Gasteiger partial charge in [-0.25, -0.2) is 13.2 Å². The Morgan fingerprint density at radius 2 is 1.92 bits per heavy atom. The lowest BCUT2D eigenvalue weighted by Crippen LogP contribution is -2.34. The number of halogens is 1. The highest BCUT2D eigenvalue weighted by molar-refractivity contribution is 7.92. The van der Waals surface area contributed by atoms with Gasteiger partial charge in [-0.3, -0.25) is 4.31 Å². The zero-order chi connectivity index (χ0) is 18.0. The van der Waals surface area contributed by atoms with Crippen LogP contribution in [0, 0.1) is 0 Å². The van der Waals surface area contributed by atoms with Gasteiger partial charge in [-0.05, 0) is 42.7 Å². The fourth-order valence-electron chi connectivity index (χ4n) is 2.81. The van der Waals surface area contributed by atoms with Gasteiger partial charge in [-0.1, -0.05) is 29.8 Å². The van der Waals surface area contributed by atoms with E-state index in [0.29, 0.717) is 28.6 Å². The van der Waals surface area contributed by atoms with E-state index in [0.717, 1.165) is 18.4 Å². The lowest BCUT2D eigenvalue weighted by Gasteiger charge is -2.29. The summed E-state index contributed by atoms with van der Waals surface area (Å²) in [6.45, 7) is 0.446. The van der Waals surface area contributed by atoms with Crippen LogP contribution in [0.1, 0.15) is 12.0 Å². The molecule has 0 radical (unpaired) electrons. The minimum Gasteiger partial charge on any atom is -0.308 e. The molecule has 2 amide bonds. The van der Waals surface area contributed by atoms with Gasteiger partial charge in [0, 0.05) is 12.2 Å². The van der Waals surface area contributed by atoms with Gasteiger partial charge in [-0.15, -0.1) is 0 Å². The highest BCUT2D eigenvalue weighted by Crippen LogP contribution is 2.31. The molecule has 0 saturated heterocycles. The summed E-state index contributed by atoms with van der Waals surface area (Å²) in [4.78, 5) is 12.2. The lowest BCUT2D eigenvalue weighted by atomic mass is 10.0. The summed E-state index contributed by atoms with van der Waals surface area (Å²) >= 11 is 6.02. The Labute approximate surface area is 151 Å². The van der Waals surface area contributed by atoms with E-state index in [2.05, 4.69) is 10.6 Å². The van der Waals surface area contributed by atoms with Crippen molar-refractivity contribution in [1.29, 1.82) is 0 Å². The number of urea groups is 1. The van der Waals surface area contributed by atoms with Crippen molar-refractivity contribution in [2.75, 3.05) is 27.7 Å². The fraction of sp³-hybridized carbons (Fsp3) is 0.235. The zero-order valence-electron chi connectivity index (χ0n) is 13.6. The number of sulfonamides is 1. The number of hydrogen-bond acceptors (Lipinski definition) is 3. The van der Waals surface area contributed by atoms with Gasteiger partial charge in [0.1, 0.15) is 0 Å². The molecule has 1 aliphatic rings. The molecule has 0 bridgehead atoms. The zero-order valence-corrected chi connectivity index (χ0v) is 15.2. The van der Waals surface area contributed by atoms with E-state index >= 15 is 0 Å². The number of carbonyl (C=O) groups excluding carboxylic acids is 1. The van der Waals surface area contributed by atoms with Gasteiger partial charge in [0.25, 0.3) is 0 Å². The summed E-state index contributed by atoms with van der Waals surface area (Å²) in [5.41, 5.74) is 2.58. The Balaban J connectivity index is 1.80. The van der Waals surface area contributed by atoms with Crippen molar-refractivity contribution in [3.05, 3.63) is 53.1 Å². The predicted molar refractivity (Wildman–Crippen MR) is 101 cm³/mol. The first-order chi connectivity index (χ1) is 11.8. The van der Waals surface area contributed by atoms with Crippen LogP contribution >= 0.6 is 11.6 Å². The molecule has 1 heterocycles. The molecule has 0 aromatic heterocycles. The van der Waals surface area contributed by atoms with Crippen molar-refractivity contribution in [2.45, 2.75) is 12.8 Å². The Morgan fingerprint density at radius 3 is 2.64 bits per heavy atom. The second kappa shape index (κ2) is 6.93. The van der Waals surface area contributed by atoms with Crippen molar-refractivity contribution in [3.63, 3.8) is 0 Å². The Bertz CT molecular complexity index is 915. The van der Waals surface area contributed by atoms with Gasteiger partial charge in [0.15, 0.2) is 0 Å². The first kappa shape index (κ1) is 17.6. The SMILES string of the molecule is CS(=O)(=O)N1CCCc2ccc(NC(=O)Nc3ccccc3Cl)cc21. The quantitative estimate of drug-likeness (QED) is 0.853. The predicted octanol–water partition coefficient (Wildman–Crippen LogP) is 3.70. The third kappa shape index (κ3) is 4.05. The second-order valence-corrected chi connectivity index (χ2v) is 8.16. The van der Waals surface area contributed by atoms with Crippen LogP contribution in [0.2, 0.25) is 5.02 Å². The lowest BCUT2D eigenvalue weighted by molar-refractivity contribution is 0.262. The third-order valence-corrected chi connectivity index (χ3v) is 5.45. The van der Waals surface area contributed by atoms with E-state index in [1.807, 2.05) is 6.07 Å². The maximum Gasteiger partial charge on any atom is 0.323 e. The molecule has 2 aromatic carbocycles. The van der Waals surface area contributed by atoms with Crippen LogP contribution in [0.3, 0.4) is 0 Å². The maximum atomic E-state index is 12.2. The van der Waals surface area contributed by atoms with E-state index in [1.54, 1.807) is 36.4 Å². The Kier molecular flexibility index (Phi) is 4.87. The summed E-state index contributed by atoms with van der Waals surface area (Å²) < 4.78 is 25.3. The van der Waals surface area contributed by atoms with Gasteiger partial charge >= 0.3 is 6.03 Å². The first-order valence-corrected chi connectivity index (χ1v) is 10.0. The molecule has 0 unspecified atom stereocenters. The first-order valence-electron chi connectivity index (χ1n) is 7.78. The number of nitrogens with one attached hydrogen (secondary N) is 2. The van der Waals surface area contributed by atoms with Crippen LogP contribution in [0.4, 0.5) is 21.9 Å². The molecule has 0 atom stereocenters. The molecule has 3 rings (SSSR count). The van der Waals surface area contributed by atoms with Crippen molar-refractivity contribution < 1.29 is 13.2 Å². The normalized spacial score (nSPS) is 13.9. The summed E-state index contributed by atoms with van der Waals surface area (Å²) in [6.07, 6.45) is 2.78. The minimum atomic E-state index is -3.35. The number of carbonyl (C=O) groups is 1. The van der Waals surface area contributed by atoms with Gasteiger partial charge in [-0.2, -0.15) is 0 Å². The Hall–Kier alpha value is -2.25. The largest absolute Gasteiger partial charge is 0.323 e. The molecule has 8 heteroatoms. The molecule has 2 aromatic rings. The van der Waals surface area contributed by atoms with Crippen LogP contribution in [0.25, 0.3) is 0 Å². The van der Waals surface area contributed by atoms with E-state index in [9.17, 15) is 13.2 Å². The highest BCUT2D eigenvalue weighted by Gasteiger charge is 2.24. The molecule has 2 N–H and O–H groups in total. The topological polar surface area (TPSA) is 78.5 Å². The van der Waals surface area contributed by atoms with Crippen LogP contribution in [0.15, 0.2) is 42.5 Å². The minimum absolute atomic E-state index is 0.436. The highest BCUT2D eigenvalue weighted by atomic mass is 35.5. The van der Waals surface area contributed by atoms with Gasteiger partial charge in [0.05, 0.1) is 22.7 Å². The summed E-state index contributed by atoms with van der Waals surface area (Å²) in [6, 6.07) is 11.8. The number of benzene rings is 2. The second-order valence-electron chi connectivity index (χ2n) is 5.84. The molecule has 132 valence electrons. The van der Waals surface area contributed by atoms with Gasteiger partial charge in [0.2, 0.25) is 10.0 Å². The summed E-state index contributed by atoms with van der Waals surface area (Å²) in [5.74, 6) is 0. The van der Waals surface area contributed by atoms with Crippen LogP contribution in [-0.4, -0.2) is 27.2 Å². The summed E-state index contributed by atoms with van der Waals surface area (Å²) in [7, 11) is -3.35. The van der Waals surface area contributed by atoms with E-state index < -0.39 is 16.1 Å². The maximum absolute atomic E-state index is 12.2. The third-order valence-electron chi connectivity index (χ3n) is 3.94. The van der Waals surface area contributed by atoms with Crippen molar-refractivity contribution in [2.24, 2.45) is 0 Å². The number of fused-ring (bicyclic) bond motifs is 1. The molecule has 0 fully saturated rings. The molecular formula is C17H18ClN3O3S. The molecule has 0 spiro atoms. The molecule has 1 aliphatic heterocycles. The number of rotatable bonds is 3. The van der Waals surface area contributed by atoms with E-state index in [-0.39, 0.29) is 0 Å². The van der Waals surface area contributed by atoms with Gasteiger partial charge < -0.3 is 10.6 Å². The average molecular weight is 380 g/mol. The molecule has 6 nitrogen and oxygen atoms in total. The van der Waals surface area contributed by atoms with Crippen molar-refractivity contribution >= 4 is 44.7 Å². The monoisotopic (exact) mass is 379 g/mol. The smallest absolute Gasteiger partial charge is 0.308 e. The number of anilines is 3. The van der Waals surface area contributed by atoms with Crippen molar-refractivity contribution in [3.8, 4) is 0 Å². The fourth-order valence-corrected chi connectivity index (χ4v) is 3.98. The Morgan fingerprint density at radius 1 is 1.16 bits per heavy atom. The molecular weight excluding hydrogens is 362 g/mol. The van der Waals surface area contributed by atoms with Crippen molar-refractivity contribution in [1.82, 2.24) is 0 Å². The number of amides is 2. The number of aryl methyl sites for hydroxylation is 1. The standard InChI is InChI=1S/C17H18ClN3O3S/c1-25(23,24)21-10-4-5-12-8-9-13(11-16(12)21)19-17(22)20-15-7-3-2-6-14(15)18/h2-3,6-9,11H,4-5,10H2,1H3,(H2,19,20,22). The van der Waals surface area contributed by atoms with Crippen LogP contribution in [-0.2, 0) is 16.4 Å². The molecule has 0 aliphatic carbocycles. The number of hydrogen-bond donors (Lipinski definition) is 2. The van der Waals surface area contributed by atoms with Crippen LogP contribution < -0.4 is 14.9 Å².